The summed E-state index contributed by atoms with van der Waals surface area (Å²) in [5.74, 6) is 1.92. The molecule has 8 heteroatoms. The average Bonchev–Trinajstić information content (AvgIpc) is 3.23. The first kappa shape index (κ1) is 25.1. The maximum absolute atomic E-state index is 12.3. The molecular weight excluding hydrogens is 521 g/mol. The van der Waals surface area contributed by atoms with E-state index in [1.165, 1.54) is 0 Å². The van der Waals surface area contributed by atoms with Gasteiger partial charge in [0.25, 0.3) is 0 Å². The van der Waals surface area contributed by atoms with E-state index in [9.17, 15) is 4.21 Å². The lowest BCUT2D eigenvalue weighted by Crippen LogP contribution is -2.38. The van der Waals surface area contributed by atoms with Gasteiger partial charge in [-0.05, 0) is 24.6 Å². The highest BCUT2D eigenvalue weighted by Gasteiger charge is 2.09. The van der Waals surface area contributed by atoms with Crippen molar-refractivity contribution >= 4 is 40.7 Å². The molecule has 6 nitrogen and oxygen atoms in total. The molecule has 2 aromatic carbocycles. The van der Waals surface area contributed by atoms with Crippen molar-refractivity contribution in [1.29, 1.82) is 0 Å². The van der Waals surface area contributed by atoms with Gasteiger partial charge in [0.2, 0.25) is 0 Å². The summed E-state index contributed by atoms with van der Waals surface area (Å²) in [7, 11) is 1.08. The molecule has 0 saturated heterocycles. The van der Waals surface area contributed by atoms with Gasteiger partial charge < -0.3 is 10.2 Å². The Morgan fingerprint density at radius 3 is 2.45 bits per heavy atom. The molecule has 3 aromatic rings. The maximum atomic E-state index is 12.3. The molecule has 1 atom stereocenters. The molecule has 0 aliphatic carbocycles. The van der Waals surface area contributed by atoms with Crippen molar-refractivity contribution in [2.45, 2.75) is 19.2 Å². The zero-order chi connectivity index (χ0) is 21.2. The highest BCUT2D eigenvalue weighted by molar-refractivity contribution is 14.0. The van der Waals surface area contributed by atoms with Gasteiger partial charge in [0.05, 0.1) is 18.4 Å². The summed E-state index contributed by atoms with van der Waals surface area (Å²) in [6.07, 6.45) is 3.91. The lowest BCUT2D eigenvalue weighted by atomic mass is 10.2. The Bertz CT molecular complexity index is 962. The van der Waals surface area contributed by atoms with E-state index in [0.717, 1.165) is 29.3 Å². The molecular formula is C23H30IN5OS. The van der Waals surface area contributed by atoms with Crippen molar-refractivity contribution in [3.05, 3.63) is 84.2 Å². The number of benzene rings is 2. The highest BCUT2D eigenvalue weighted by atomic mass is 127. The molecule has 0 radical (unpaired) electrons. The number of guanidine groups is 1. The van der Waals surface area contributed by atoms with E-state index < -0.39 is 10.8 Å². The van der Waals surface area contributed by atoms with Gasteiger partial charge in [-0.2, -0.15) is 5.10 Å². The maximum Gasteiger partial charge on any atom is 0.193 e. The first-order chi connectivity index (χ1) is 14.7. The topological polar surface area (TPSA) is 62.5 Å². The molecule has 31 heavy (non-hydrogen) atoms. The van der Waals surface area contributed by atoms with Gasteiger partial charge in [-0.3, -0.25) is 9.20 Å². The summed E-state index contributed by atoms with van der Waals surface area (Å²) in [5, 5.41) is 7.77. The molecule has 0 amide bonds. The van der Waals surface area contributed by atoms with Crippen LogP contribution in [0.4, 0.5) is 0 Å². The average molecular weight is 551 g/mol. The summed E-state index contributed by atoms with van der Waals surface area (Å²) < 4.78 is 14.2. The van der Waals surface area contributed by atoms with Gasteiger partial charge in [0.15, 0.2) is 5.96 Å². The molecule has 0 fully saturated rings. The van der Waals surface area contributed by atoms with Crippen molar-refractivity contribution in [2.75, 3.05) is 25.9 Å². The number of para-hydroxylation sites is 1. The third kappa shape index (κ3) is 8.10. The van der Waals surface area contributed by atoms with Crippen LogP contribution in [-0.4, -0.2) is 50.7 Å². The van der Waals surface area contributed by atoms with Crippen molar-refractivity contribution in [3.63, 3.8) is 0 Å². The van der Waals surface area contributed by atoms with Gasteiger partial charge in [-0.1, -0.05) is 48.5 Å². The fraction of sp³-hybridized carbons (Fsp3) is 0.304. The van der Waals surface area contributed by atoms with E-state index in [0.29, 0.717) is 24.6 Å². The zero-order valence-corrected chi connectivity index (χ0v) is 21.1. The van der Waals surface area contributed by atoms with Gasteiger partial charge in [-0.15, -0.1) is 24.0 Å². The number of hydrogen-bond donors (Lipinski definition) is 1. The Hall–Kier alpha value is -2.20. The number of nitrogens with one attached hydrogen (secondary N) is 1. The molecule has 0 bridgehead atoms. The minimum absolute atomic E-state index is 0. The van der Waals surface area contributed by atoms with E-state index in [2.05, 4.69) is 20.3 Å². The summed E-state index contributed by atoms with van der Waals surface area (Å²) in [6.45, 7) is 4.03. The number of halogens is 1. The van der Waals surface area contributed by atoms with Gasteiger partial charge in [0.1, 0.15) is 0 Å². The van der Waals surface area contributed by atoms with Crippen molar-refractivity contribution in [2.24, 2.45) is 4.99 Å². The predicted molar refractivity (Wildman–Crippen MR) is 140 cm³/mol. The fourth-order valence-electron chi connectivity index (χ4n) is 3.07. The Balaban J connectivity index is 0.00000341. The number of hydrogen-bond acceptors (Lipinski definition) is 3. The van der Waals surface area contributed by atoms with Crippen LogP contribution in [0.1, 0.15) is 18.1 Å². The third-order valence-corrected chi connectivity index (χ3v) is 5.82. The molecule has 1 heterocycles. The second kappa shape index (κ2) is 13.3. The molecule has 0 saturated carbocycles. The molecule has 1 aromatic heterocycles. The molecule has 1 unspecified atom stereocenters. The van der Waals surface area contributed by atoms with Crippen LogP contribution in [-0.2, 0) is 23.1 Å². The normalized spacial score (nSPS) is 12.1. The Morgan fingerprint density at radius 2 is 1.77 bits per heavy atom. The van der Waals surface area contributed by atoms with Crippen LogP contribution < -0.4 is 5.32 Å². The SMILES string of the molecule is CCNC(=NCCS(=O)Cc1ccccc1)N(C)Cc1cnn(-c2ccccc2)c1.I. The quantitative estimate of drug-likeness (QED) is 0.250. The minimum atomic E-state index is -0.927. The van der Waals surface area contributed by atoms with Crippen molar-refractivity contribution in [3.8, 4) is 5.69 Å². The fourth-order valence-corrected chi connectivity index (χ4v) is 4.07. The monoisotopic (exact) mass is 551 g/mol. The highest BCUT2D eigenvalue weighted by Crippen LogP contribution is 2.09. The largest absolute Gasteiger partial charge is 0.357 e. The van der Waals surface area contributed by atoms with Gasteiger partial charge in [-0.25, -0.2) is 4.68 Å². The summed E-state index contributed by atoms with van der Waals surface area (Å²) in [4.78, 5) is 6.73. The lowest BCUT2D eigenvalue weighted by molar-refractivity contribution is 0.477. The molecule has 0 aliphatic rings. The molecule has 166 valence electrons. The number of nitrogens with zero attached hydrogens (tertiary/aromatic N) is 4. The molecule has 0 spiro atoms. The lowest BCUT2D eigenvalue weighted by Gasteiger charge is -2.21. The first-order valence-electron chi connectivity index (χ1n) is 10.1. The van der Waals surface area contributed by atoms with Gasteiger partial charge in [0, 0.05) is 54.2 Å². The van der Waals surface area contributed by atoms with Crippen LogP contribution in [0.3, 0.4) is 0 Å². The number of aliphatic imine (C=N–C) groups is 1. The standard InChI is InChI=1S/C23H29N5OS.HI/c1-3-24-23(25-14-15-30(29)19-20-10-6-4-7-11-20)27(2)17-21-16-26-28(18-21)22-12-8-5-9-13-22;/h4-13,16,18H,3,14-15,17,19H2,1-2H3,(H,24,25);1H. The van der Waals surface area contributed by atoms with Crippen LogP contribution in [0, 0.1) is 0 Å². The summed E-state index contributed by atoms with van der Waals surface area (Å²) in [6, 6.07) is 20.0. The van der Waals surface area contributed by atoms with Crippen LogP contribution in [0.5, 0.6) is 0 Å². The van der Waals surface area contributed by atoms with Gasteiger partial charge >= 0.3 is 0 Å². The van der Waals surface area contributed by atoms with E-state index in [4.69, 9.17) is 0 Å². The molecule has 0 aliphatic heterocycles. The van der Waals surface area contributed by atoms with Crippen molar-refractivity contribution < 1.29 is 4.21 Å². The molecule has 3 rings (SSSR count). The Kier molecular flexibility index (Phi) is 10.7. The number of aromatic nitrogens is 2. The van der Waals surface area contributed by atoms with E-state index in [1.54, 1.807) is 0 Å². The third-order valence-electron chi connectivity index (χ3n) is 4.52. The second-order valence-electron chi connectivity index (χ2n) is 6.99. The smallest absolute Gasteiger partial charge is 0.193 e. The van der Waals surface area contributed by atoms with Crippen molar-refractivity contribution in [1.82, 2.24) is 20.0 Å². The van der Waals surface area contributed by atoms with Crippen LogP contribution in [0.2, 0.25) is 0 Å². The first-order valence-corrected chi connectivity index (χ1v) is 11.6. The summed E-state index contributed by atoms with van der Waals surface area (Å²) >= 11 is 0. The van der Waals surface area contributed by atoms with E-state index in [1.807, 2.05) is 91.7 Å². The van der Waals surface area contributed by atoms with E-state index in [-0.39, 0.29) is 24.0 Å². The second-order valence-corrected chi connectivity index (χ2v) is 8.57. The summed E-state index contributed by atoms with van der Waals surface area (Å²) in [5.41, 5.74) is 3.23. The van der Waals surface area contributed by atoms with E-state index >= 15 is 0 Å². The predicted octanol–water partition coefficient (Wildman–Crippen LogP) is 3.84. The van der Waals surface area contributed by atoms with Crippen LogP contribution >= 0.6 is 24.0 Å². The minimum Gasteiger partial charge on any atom is -0.357 e. The molecule has 1 N–H and O–H groups in total. The van der Waals surface area contributed by atoms with Crippen LogP contribution in [0.25, 0.3) is 5.69 Å². The Labute approximate surface area is 204 Å². The number of rotatable bonds is 9. The van der Waals surface area contributed by atoms with Crippen LogP contribution in [0.15, 0.2) is 78.0 Å². The zero-order valence-electron chi connectivity index (χ0n) is 18.0. The Morgan fingerprint density at radius 1 is 1.10 bits per heavy atom.